The second-order valence-corrected chi connectivity index (χ2v) is 5.58. The van der Waals surface area contributed by atoms with Crippen LogP contribution in [0.15, 0.2) is 52.6 Å². The molecule has 1 aromatic carbocycles. The second-order valence-electron chi connectivity index (χ2n) is 4.95. The minimum absolute atomic E-state index is 0.404. The fourth-order valence-electron chi connectivity index (χ4n) is 2.76. The molecule has 0 amide bonds. The normalized spacial score (nSPS) is 28.7. The van der Waals surface area contributed by atoms with Gasteiger partial charge in [-0.1, -0.05) is 0 Å². The zero-order chi connectivity index (χ0) is 12.4. The van der Waals surface area contributed by atoms with Gasteiger partial charge in [0.05, 0.1) is 0 Å². The van der Waals surface area contributed by atoms with Gasteiger partial charge in [0.15, 0.2) is 0 Å². The Morgan fingerprint density at radius 1 is 1.06 bits per heavy atom. The third kappa shape index (κ3) is 2.25. The molecule has 0 nitrogen and oxygen atoms in total. The number of benzene rings is 1. The molecule has 0 aromatic heterocycles. The van der Waals surface area contributed by atoms with Crippen molar-refractivity contribution in [1.29, 1.82) is 0 Å². The molecule has 0 heterocycles. The van der Waals surface area contributed by atoms with E-state index in [1.165, 1.54) is 40.5 Å². The predicted molar refractivity (Wildman–Crippen MR) is 72.9 cm³/mol. The van der Waals surface area contributed by atoms with Crippen molar-refractivity contribution in [3.8, 4) is 0 Å². The molecule has 1 unspecified atom stereocenters. The van der Waals surface area contributed by atoms with E-state index < -0.39 is 0 Å². The summed E-state index contributed by atoms with van der Waals surface area (Å²) in [6.07, 6.45) is 14.0. The maximum atomic E-state index is 4.79. The summed E-state index contributed by atoms with van der Waals surface area (Å²) in [7, 11) is 0. The SMILES string of the molecule is [Co]/[C]1=C(C2C=Cc3ccccc32)/C=C\CCCC1. The molecule has 2 aliphatic carbocycles. The van der Waals surface area contributed by atoms with Crippen LogP contribution in [0.2, 0.25) is 0 Å². The van der Waals surface area contributed by atoms with Crippen LogP contribution in [0.25, 0.3) is 6.08 Å². The van der Waals surface area contributed by atoms with E-state index in [2.05, 4.69) is 48.6 Å². The Hall–Kier alpha value is -1.05. The first-order valence-electron chi connectivity index (χ1n) is 6.66. The number of hydrogen-bond donors (Lipinski definition) is 0. The fraction of sp³-hybridized carbons (Fsp3) is 0.294. The first kappa shape index (κ1) is 12.0. The van der Waals surface area contributed by atoms with E-state index >= 15 is 0 Å². The van der Waals surface area contributed by atoms with E-state index in [4.69, 9.17) is 15.7 Å². The van der Waals surface area contributed by atoms with Gasteiger partial charge < -0.3 is 0 Å². The Kier molecular flexibility index (Phi) is 3.53. The zero-order valence-corrected chi connectivity index (χ0v) is 11.4. The Balaban J connectivity index is 2.00. The summed E-state index contributed by atoms with van der Waals surface area (Å²) in [5.74, 6) is 0.404. The maximum absolute atomic E-state index is 4.79. The molecule has 0 N–H and O–H groups in total. The van der Waals surface area contributed by atoms with E-state index in [0.29, 0.717) is 5.92 Å². The van der Waals surface area contributed by atoms with Gasteiger partial charge in [0.2, 0.25) is 0 Å². The number of hydrogen-bond acceptors (Lipinski definition) is 0. The Morgan fingerprint density at radius 3 is 2.89 bits per heavy atom. The zero-order valence-electron chi connectivity index (χ0n) is 10.4. The van der Waals surface area contributed by atoms with Gasteiger partial charge in [-0.3, -0.25) is 0 Å². The van der Waals surface area contributed by atoms with Crippen molar-refractivity contribution in [2.45, 2.75) is 31.6 Å². The Labute approximate surface area is 117 Å². The molecule has 1 aromatic rings. The molecule has 0 saturated heterocycles. The predicted octanol–water partition coefficient (Wildman–Crippen LogP) is 4.73. The average Bonchev–Trinajstić information content (AvgIpc) is 2.78. The number of allylic oxidation sites excluding steroid dienone is 5. The van der Waals surface area contributed by atoms with Gasteiger partial charge in [-0.25, -0.2) is 0 Å². The van der Waals surface area contributed by atoms with Crippen LogP contribution in [0.3, 0.4) is 0 Å². The van der Waals surface area contributed by atoms with Crippen LogP contribution >= 0.6 is 0 Å². The summed E-state index contributed by atoms with van der Waals surface area (Å²) in [5, 5.41) is 0. The van der Waals surface area contributed by atoms with Crippen LogP contribution in [-0.2, 0) is 15.7 Å². The van der Waals surface area contributed by atoms with Crippen molar-refractivity contribution in [2.75, 3.05) is 0 Å². The van der Waals surface area contributed by atoms with Gasteiger partial charge in [-0.05, 0) is 0 Å². The van der Waals surface area contributed by atoms with Crippen LogP contribution in [0.5, 0.6) is 0 Å². The summed E-state index contributed by atoms with van der Waals surface area (Å²) >= 11 is 4.79. The van der Waals surface area contributed by atoms with Gasteiger partial charge in [0, 0.05) is 0 Å². The quantitative estimate of drug-likeness (QED) is 0.697. The summed E-state index contributed by atoms with van der Waals surface area (Å²) in [6.45, 7) is 0. The van der Waals surface area contributed by atoms with E-state index in [1.807, 2.05) is 0 Å². The van der Waals surface area contributed by atoms with Gasteiger partial charge in [0.25, 0.3) is 0 Å². The van der Waals surface area contributed by atoms with Crippen molar-refractivity contribution in [2.24, 2.45) is 0 Å². The summed E-state index contributed by atoms with van der Waals surface area (Å²) in [6, 6.07) is 8.66. The van der Waals surface area contributed by atoms with Crippen molar-refractivity contribution in [3.63, 3.8) is 0 Å². The number of fused-ring (bicyclic) bond motifs is 1. The summed E-state index contributed by atoms with van der Waals surface area (Å²) < 4.78 is 1.25. The van der Waals surface area contributed by atoms with Crippen molar-refractivity contribution in [1.82, 2.24) is 0 Å². The molecule has 0 radical (unpaired) electrons. The summed E-state index contributed by atoms with van der Waals surface area (Å²) in [5.41, 5.74) is 4.16. The third-order valence-corrected chi connectivity index (χ3v) is 4.30. The van der Waals surface area contributed by atoms with Gasteiger partial charge in [0.1, 0.15) is 0 Å². The van der Waals surface area contributed by atoms with E-state index in [9.17, 15) is 0 Å². The molecule has 3 rings (SSSR count). The van der Waals surface area contributed by atoms with Gasteiger partial charge >= 0.3 is 117 Å². The molecule has 94 valence electrons. The molecule has 0 saturated carbocycles. The monoisotopic (exact) mass is 280 g/mol. The molecule has 0 bridgehead atoms. The van der Waals surface area contributed by atoms with Gasteiger partial charge in [-0.2, -0.15) is 0 Å². The first-order chi connectivity index (χ1) is 8.86. The molecular weight excluding hydrogens is 263 g/mol. The molecular formula is C17H17Co. The van der Waals surface area contributed by atoms with Crippen molar-refractivity contribution in [3.05, 3.63) is 63.7 Å². The fourth-order valence-corrected chi connectivity index (χ4v) is 3.19. The van der Waals surface area contributed by atoms with Crippen molar-refractivity contribution < 1.29 is 15.7 Å². The van der Waals surface area contributed by atoms with Gasteiger partial charge in [-0.15, -0.1) is 0 Å². The van der Waals surface area contributed by atoms with Crippen molar-refractivity contribution >= 4 is 6.08 Å². The van der Waals surface area contributed by atoms with E-state index in [1.54, 1.807) is 0 Å². The van der Waals surface area contributed by atoms with Crippen LogP contribution in [-0.4, -0.2) is 0 Å². The van der Waals surface area contributed by atoms with E-state index in [0.717, 1.165) is 6.42 Å². The Bertz CT molecular complexity index is 534. The Morgan fingerprint density at radius 2 is 1.94 bits per heavy atom. The molecule has 2 aliphatic rings. The molecule has 0 fully saturated rings. The molecule has 18 heavy (non-hydrogen) atoms. The van der Waals surface area contributed by atoms with Crippen LogP contribution in [0, 0.1) is 0 Å². The molecule has 0 aliphatic heterocycles. The molecule has 1 atom stereocenters. The first-order valence-corrected chi connectivity index (χ1v) is 7.18. The topological polar surface area (TPSA) is 0 Å². The van der Waals surface area contributed by atoms with E-state index in [-0.39, 0.29) is 0 Å². The third-order valence-electron chi connectivity index (χ3n) is 3.74. The standard InChI is InChI=1S/C17H17.Co/c1-2-4-8-14(9-5-3-1)17-13-12-15-10-6-7-11-16(15)17;/h4,6-8,10-13,17H,1-3,5H2;/b8-4-,14-9?;. The minimum atomic E-state index is 0.404. The van der Waals surface area contributed by atoms with Crippen LogP contribution in [0.1, 0.15) is 42.7 Å². The number of rotatable bonds is 1. The van der Waals surface area contributed by atoms with Crippen LogP contribution in [0.4, 0.5) is 0 Å². The second kappa shape index (κ2) is 5.29. The molecule has 1 heteroatoms. The molecule has 0 spiro atoms. The average molecular weight is 280 g/mol. The summed E-state index contributed by atoms with van der Waals surface area (Å²) in [4.78, 5) is 0. The van der Waals surface area contributed by atoms with Crippen LogP contribution < -0.4 is 0 Å².